The number of allylic oxidation sites excluding steroid dienone is 1. The summed E-state index contributed by atoms with van der Waals surface area (Å²) in [5, 5.41) is 13.2. The number of aromatic nitrogens is 2. The predicted molar refractivity (Wildman–Crippen MR) is 159 cm³/mol. The molecule has 5 aromatic rings. The molecule has 0 radical (unpaired) electrons. The van der Waals surface area contributed by atoms with E-state index in [9.17, 15) is 14.9 Å². The molecule has 6 rings (SSSR count). The summed E-state index contributed by atoms with van der Waals surface area (Å²) in [6.07, 6.45) is 3.73. The van der Waals surface area contributed by atoms with E-state index < -0.39 is 6.04 Å². The molecule has 1 aliphatic heterocycles. The average molecular weight is 560 g/mol. The van der Waals surface area contributed by atoms with Gasteiger partial charge in [-0.3, -0.25) is 14.2 Å². The van der Waals surface area contributed by atoms with Gasteiger partial charge in [-0.2, -0.15) is 5.26 Å². The molecule has 1 N–H and O–H groups in total. The summed E-state index contributed by atoms with van der Waals surface area (Å²) in [5.74, 6) is 0.345. The van der Waals surface area contributed by atoms with Gasteiger partial charge in [0.05, 0.1) is 35.0 Å². The third kappa shape index (κ3) is 4.75. The molecule has 202 valence electrons. The van der Waals surface area contributed by atoms with Crippen molar-refractivity contribution >= 4 is 39.9 Å². The smallest absolute Gasteiger partial charge is 0.271 e. The predicted octanol–water partition coefficient (Wildman–Crippen LogP) is 4.36. The summed E-state index contributed by atoms with van der Waals surface area (Å²) < 4.78 is 9.30. The van der Waals surface area contributed by atoms with Crippen LogP contribution in [0.4, 0.5) is 5.69 Å². The number of para-hydroxylation sites is 2. The number of rotatable bonds is 6. The van der Waals surface area contributed by atoms with Crippen molar-refractivity contribution in [1.29, 1.82) is 5.26 Å². The van der Waals surface area contributed by atoms with Gasteiger partial charge in [-0.1, -0.05) is 59.9 Å². The van der Waals surface area contributed by atoms with Crippen LogP contribution in [0.2, 0.25) is 0 Å². The lowest BCUT2D eigenvalue weighted by Crippen LogP contribution is -2.40. The van der Waals surface area contributed by atoms with Crippen LogP contribution in [0.1, 0.15) is 24.1 Å². The molecular weight excluding hydrogens is 534 g/mol. The van der Waals surface area contributed by atoms with Crippen molar-refractivity contribution in [2.75, 3.05) is 12.4 Å². The molecule has 0 unspecified atom stereocenters. The summed E-state index contributed by atoms with van der Waals surface area (Å²) in [6.45, 7) is 2.00. The number of nitriles is 1. The minimum Gasteiger partial charge on any atom is -0.497 e. The number of ether oxygens (including phenoxy) is 1. The second kappa shape index (κ2) is 10.8. The number of amides is 1. The van der Waals surface area contributed by atoms with E-state index in [1.54, 1.807) is 18.6 Å². The number of carbonyl (C=O) groups excluding carboxylic acids is 1. The zero-order valence-corrected chi connectivity index (χ0v) is 23.2. The molecule has 41 heavy (non-hydrogen) atoms. The van der Waals surface area contributed by atoms with Crippen LogP contribution in [-0.2, 0) is 11.3 Å². The Morgan fingerprint density at radius 2 is 1.83 bits per heavy atom. The zero-order valence-electron chi connectivity index (χ0n) is 22.4. The molecule has 2 aromatic heterocycles. The van der Waals surface area contributed by atoms with E-state index in [2.05, 4.69) is 11.4 Å². The Labute approximate surface area is 239 Å². The quantitative estimate of drug-likeness (QED) is 0.334. The first-order valence-electron chi connectivity index (χ1n) is 13.0. The van der Waals surface area contributed by atoms with Gasteiger partial charge in [-0.25, -0.2) is 4.99 Å². The Morgan fingerprint density at radius 3 is 2.56 bits per heavy atom. The highest BCUT2D eigenvalue weighted by Crippen LogP contribution is 2.32. The van der Waals surface area contributed by atoms with Gasteiger partial charge in [0, 0.05) is 28.4 Å². The van der Waals surface area contributed by atoms with Crippen molar-refractivity contribution in [1.82, 2.24) is 9.13 Å². The fourth-order valence-electron chi connectivity index (χ4n) is 5.17. The number of anilines is 1. The summed E-state index contributed by atoms with van der Waals surface area (Å²) in [4.78, 5) is 33.0. The first-order valence-corrected chi connectivity index (χ1v) is 13.8. The van der Waals surface area contributed by atoms with Gasteiger partial charge >= 0.3 is 0 Å². The van der Waals surface area contributed by atoms with Gasteiger partial charge in [-0.05, 0) is 48.9 Å². The van der Waals surface area contributed by atoms with Gasteiger partial charge in [0.15, 0.2) is 4.80 Å². The highest BCUT2D eigenvalue weighted by molar-refractivity contribution is 7.07. The van der Waals surface area contributed by atoms with Crippen LogP contribution >= 0.6 is 11.3 Å². The first kappa shape index (κ1) is 26.0. The van der Waals surface area contributed by atoms with Crippen molar-refractivity contribution < 1.29 is 9.53 Å². The fraction of sp³-hybridized carbons (Fsp3) is 0.125. The summed E-state index contributed by atoms with van der Waals surface area (Å²) >= 11 is 1.28. The van der Waals surface area contributed by atoms with Gasteiger partial charge < -0.3 is 14.6 Å². The van der Waals surface area contributed by atoms with E-state index in [4.69, 9.17) is 9.73 Å². The van der Waals surface area contributed by atoms with Crippen LogP contribution in [0.15, 0.2) is 106 Å². The van der Waals surface area contributed by atoms with E-state index in [-0.39, 0.29) is 18.0 Å². The molecule has 0 bridgehead atoms. The number of fused-ring (bicyclic) bond motifs is 2. The molecule has 1 aliphatic rings. The number of nitrogens with zero attached hydrogens (tertiary/aromatic N) is 4. The minimum absolute atomic E-state index is 0.201. The van der Waals surface area contributed by atoms with E-state index in [0.717, 1.165) is 22.0 Å². The van der Waals surface area contributed by atoms with Crippen LogP contribution in [0, 0.1) is 11.3 Å². The molecule has 0 saturated heterocycles. The van der Waals surface area contributed by atoms with Gasteiger partial charge in [-0.15, -0.1) is 0 Å². The number of thiazole rings is 1. The summed E-state index contributed by atoms with van der Waals surface area (Å²) in [5.41, 5.74) is 3.85. The number of hydrogen-bond donors (Lipinski definition) is 1. The average Bonchev–Trinajstić information content (AvgIpc) is 3.49. The lowest BCUT2D eigenvalue weighted by Gasteiger charge is -2.25. The maximum atomic E-state index is 14.1. The van der Waals surface area contributed by atoms with Crippen LogP contribution in [0.25, 0.3) is 17.0 Å². The molecule has 0 fully saturated rings. The molecule has 1 atom stereocenters. The van der Waals surface area contributed by atoms with Crippen LogP contribution in [-0.4, -0.2) is 22.2 Å². The van der Waals surface area contributed by atoms with Crippen LogP contribution in [0.5, 0.6) is 5.75 Å². The van der Waals surface area contributed by atoms with E-state index in [1.807, 2.05) is 95.7 Å². The fourth-order valence-corrected chi connectivity index (χ4v) is 6.21. The van der Waals surface area contributed by atoms with Crippen molar-refractivity contribution in [2.24, 2.45) is 4.99 Å². The van der Waals surface area contributed by atoms with Gasteiger partial charge in [0.2, 0.25) is 0 Å². The Kier molecular flexibility index (Phi) is 6.83. The standard InChI is InChI=1S/C32H25N5O3S/c1-20-28(30(38)35-23-8-4-3-5-9-23)29(21-12-14-24(40-2)15-13-21)37-31(39)27(41-32(37)34-20)18-22-19-36(17-16-33)26-11-7-6-10-25(22)26/h3-15,18-19,29H,17H2,1-2H3,(H,35,38)/b27-18+/t29-/m0/s1. The maximum Gasteiger partial charge on any atom is 0.271 e. The summed E-state index contributed by atoms with van der Waals surface area (Å²) in [6, 6.07) is 25.9. The molecule has 9 heteroatoms. The monoisotopic (exact) mass is 559 g/mol. The van der Waals surface area contributed by atoms with Crippen LogP contribution < -0.4 is 24.9 Å². The largest absolute Gasteiger partial charge is 0.497 e. The van der Waals surface area contributed by atoms with Gasteiger partial charge in [0.1, 0.15) is 12.3 Å². The normalized spacial score (nSPS) is 14.9. The molecule has 1 amide bonds. The highest BCUT2D eigenvalue weighted by atomic mass is 32.1. The molecule has 3 aromatic carbocycles. The lowest BCUT2D eigenvalue weighted by atomic mass is 9.95. The second-order valence-corrected chi connectivity index (χ2v) is 10.6. The molecule has 0 spiro atoms. The number of nitrogens with one attached hydrogen (secondary N) is 1. The summed E-state index contributed by atoms with van der Waals surface area (Å²) in [7, 11) is 1.59. The van der Waals surface area contributed by atoms with Crippen molar-refractivity contribution in [3.63, 3.8) is 0 Å². The molecular formula is C32H25N5O3S. The molecule has 3 heterocycles. The van der Waals surface area contributed by atoms with E-state index in [1.165, 1.54) is 11.3 Å². The Morgan fingerprint density at radius 1 is 1.10 bits per heavy atom. The number of benzene rings is 3. The Balaban J connectivity index is 1.52. The topological polar surface area (TPSA) is 101 Å². The SMILES string of the molecule is COc1ccc([C@H]2C(C(=O)Nc3ccccc3)=C(C)N=c3s/c(=C/c4cn(CC#N)c5ccccc45)c(=O)n32)cc1. The third-order valence-electron chi connectivity index (χ3n) is 7.08. The zero-order chi connectivity index (χ0) is 28.5. The van der Waals surface area contributed by atoms with Gasteiger partial charge in [0.25, 0.3) is 11.5 Å². The first-order chi connectivity index (χ1) is 20.0. The molecule has 8 nitrogen and oxygen atoms in total. The Bertz CT molecular complexity index is 2040. The Hall–Kier alpha value is -5.20. The minimum atomic E-state index is -0.692. The van der Waals surface area contributed by atoms with Crippen molar-refractivity contribution in [3.05, 3.63) is 127 Å². The number of hydrogen-bond acceptors (Lipinski definition) is 6. The number of methoxy groups -OCH3 is 1. The maximum absolute atomic E-state index is 14.1. The second-order valence-electron chi connectivity index (χ2n) is 9.56. The van der Waals surface area contributed by atoms with Crippen molar-refractivity contribution in [3.8, 4) is 11.8 Å². The number of carbonyl (C=O) groups is 1. The van der Waals surface area contributed by atoms with Crippen LogP contribution in [0.3, 0.4) is 0 Å². The molecule has 0 aliphatic carbocycles. The van der Waals surface area contributed by atoms with E-state index in [0.29, 0.717) is 32.0 Å². The highest BCUT2D eigenvalue weighted by Gasteiger charge is 2.32. The third-order valence-corrected chi connectivity index (χ3v) is 8.06. The van der Waals surface area contributed by atoms with Crippen molar-refractivity contribution in [2.45, 2.75) is 19.5 Å². The van der Waals surface area contributed by atoms with E-state index >= 15 is 0 Å². The lowest BCUT2D eigenvalue weighted by molar-refractivity contribution is -0.113. The molecule has 0 saturated carbocycles.